The van der Waals surface area contributed by atoms with Crippen molar-refractivity contribution in [2.75, 3.05) is 0 Å². The Morgan fingerprint density at radius 1 is 1.17 bits per heavy atom. The molecule has 0 N–H and O–H groups in total. The molecule has 2 heterocycles. The van der Waals surface area contributed by atoms with Crippen LogP contribution in [0.1, 0.15) is 30.8 Å². The molecule has 2 rings (SSSR count). The van der Waals surface area contributed by atoms with E-state index in [9.17, 15) is 0 Å². The average molecular weight is 240 g/mol. The summed E-state index contributed by atoms with van der Waals surface area (Å²) in [6.07, 6.45) is 13.3. The molecule has 0 amide bonds. The minimum atomic E-state index is 0.801. The minimum absolute atomic E-state index is 0.801. The monoisotopic (exact) mass is 240 g/mol. The molecule has 0 bridgehead atoms. The molecular formula is C16H16O2. The fraction of sp³-hybridized carbons (Fsp3) is 0.188. The van der Waals surface area contributed by atoms with Gasteiger partial charge in [0.05, 0.1) is 12.5 Å². The first-order valence-electron chi connectivity index (χ1n) is 6.05. The minimum Gasteiger partial charge on any atom is -0.465 e. The lowest BCUT2D eigenvalue weighted by molar-refractivity contribution is 0.555. The van der Waals surface area contributed by atoms with E-state index in [0.717, 1.165) is 36.4 Å². The maximum atomic E-state index is 5.31. The molecule has 18 heavy (non-hydrogen) atoms. The van der Waals surface area contributed by atoms with Crippen LogP contribution in [0.25, 0.3) is 12.2 Å². The summed E-state index contributed by atoms with van der Waals surface area (Å²) < 4.78 is 10.6. The summed E-state index contributed by atoms with van der Waals surface area (Å²) in [5.41, 5.74) is 1.09. The third-order valence-corrected chi connectivity index (χ3v) is 2.50. The number of unbranched alkanes of at least 4 members (excludes halogenated alkanes) is 1. The van der Waals surface area contributed by atoms with E-state index < -0.39 is 0 Å². The largest absolute Gasteiger partial charge is 0.465 e. The van der Waals surface area contributed by atoms with Gasteiger partial charge >= 0.3 is 0 Å². The molecule has 0 aromatic carbocycles. The molecule has 0 aliphatic carbocycles. The normalized spacial score (nSPS) is 12.4. The maximum Gasteiger partial charge on any atom is 0.127 e. The van der Waals surface area contributed by atoms with Gasteiger partial charge in [0, 0.05) is 0 Å². The first kappa shape index (κ1) is 12.5. The van der Waals surface area contributed by atoms with Crippen molar-refractivity contribution >= 4 is 12.2 Å². The Balaban J connectivity index is 2.10. The summed E-state index contributed by atoms with van der Waals surface area (Å²) in [6, 6.07) is 7.57. The van der Waals surface area contributed by atoms with Gasteiger partial charge in [-0.2, -0.15) is 0 Å². The van der Waals surface area contributed by atoms with E-state index in [2.05, 4.69) is 13.0 Å². The summed E-state index contributed by atoms with van der Waals surface area (Å²) in [5.74, 6) is 1.64. The van der Waals surface area contributed by atoms with E-state index in [1.807, 2.05) is 36.4 Å². The quantitative estimate of drug-likeness (QED) is 0.679. The fourth-order valence-electron chi connectivity index (χ4n) is 1.58. The molecule has 2 aromatic rings. The van der Waals surface area contributed by atoms with Crippen LogP contribution in [0.3, 0.4) is 0 Å². The second kappa shape index (κ2) is 6.70. The Labute approximate surface area is 108 Å². The summed E-state index contributed by atoms with van der Waals surface area (Å²) in [4.78, 5) is 0. The molecule has 0 aliphatic rings. The molecule has 0 saturated heterocycles. The number of hydrogen-bond acceptors (Lipinski definition) is 2. The molecule has 0 saturated carbocycles. The number of rotatable bonds is 6. The molecule has 2 heteroatoms. The second-order valence-corrected chi connectivity index (χ2v) is 3.95. The van der Waals surface area contributed by atoms with Gasteiger partial charge in [0.15, 0.2) is 0 Å². The number of furan rings is 2. The van der Waals surface area contributed by atoms with Gasteiger partial charge in [0.1, 0.15) is 11.5 Å². The van der Waals surface area contributed by atoms with E-state index in [4.69, 9.17) is 8.83 Å². The Morgan fingerprint density at radius 2 is 1.89 bits per heavy atom. The van der Waals surface area contributed by atoms with Gasteiger partial charge in [-0.25, -0.2) is 0 Å². The molecule has 0 atom stereocenters. The van der Waals surface area contributed by atoms with Crippen LogP contribution in [0.4, 0.5) is 0 Å². The number of hydrogen-bond donors (Lipinski definition) is 0. The van der Waals surface area contributed by atoms with Crippen LogP contribution >= 0.6 is 0 Å². The van der Waals surface area contributed by atoms with Gasteiger partial charge in [0.25, 0.3) is 0 Å². The Kier molecular flexibility index (Phi) is 4.65. The molecule has 0 unspecified atom stereocenters. The van der Waals surface area contributed by atoms with Gasteiger partial charge < -0.3 is 8.83 Å². The summed E-state index contributed by atoms with van der Waals surface area (Å²) in [5, 5.41) is 0. The highest BCUT2D eigenvalue weighted by Crippen LogP contribution is 2.15. The van der Waals surface area contributed by atoms with Crippen molar-refractivity contribution in [3.8, 4) is 0 Å². The lowest BCUT2D eigenvalue weighted by Gasteiger charge is -1.99. The van der Waals surface area contributed by atoms with Crippen LogP contribution in [0.2, 0.25) is 0 Å². The highest BCUT2D eigenvalue weighted by atomic mass is 16.3. The van der Waals surface area contributed by atoms with E-state index in [-0.39, 0.29) is 0 Å². The summed E-state index contributed by atoms with van der Waals surface area (Å²) in [7, 11) is 0. The number of allylic oxidation sites excluding steroid dienone is 2. The zero-order valence-electron chi connectivity index (χ0n) is 10.3. The first-order valence-corrected chi connectivity index (χ1v) is 6.05. The van der Waals surface area contributed by atoms with E-state index in [0.29, 0.717) is 0 Å². The van der Waals surface area contributed by atoms with Gasteiger partial charge in [-0.1, -0.05) is 13.3 Å². The maximum absolute atomic E-state index is 5.31. The van der Waals surface area contributed by atoms with Crippen molar-refractivity contribution in [2.45, 2.75) is 19.3 Å². The van der Waals surface area contributed by atoms with Crippen LogP contribution in [0.15, 0.2) is 51.2 Å². The molecule has 92 valence electrons. The van der Waals surface area contributed by atoms with Crippen molar-refractivity contribution in [3.05, 3.63) is 66.9 Å². The lowest BCUT2D eigenvalue weighted by Crippen LogP contribution is -1.80. The van der Waals surface area contributed by atoms with Crippen molar-refractivity contribution in [3.63, 3.8) is 0 Å². The third-order valence-electron chi connectivity index (χ3n) is 2.50. The van der Waals surface area contributed by atoms with Gasteiger partial charge in [-0.05, 0) is 60.9 Å². The van der Waals surface area contributed by atoms with Gasteiger partial charge in [0.2, 0.25) is 0 Å². The predicted molar refractivity (Wildman–Crippen MR) is 72.3 cm³/mol. The fourth-order valence-corrected chi connectivity index (χ4v) is 1.58. The van der Waals surface area contributed by atoms with Crippen LogP contribution in [-0.2, 0) is 0 Å². The Bertz CT molecular complexity index is 487. The first-order chi connectivity index (χ1) is 8.88. The van der Waals surface area contributed by atoms with E-state index >= 15 is 0 Å². The zero-order chi connectivity index (χ0) is 12.6. The molecule has 0 fully saturated rings. The molecule has 2 aromatic heterocycles. The van der Waals surface area contributed by atoms with Crippen LogP contribution in [0.5, 0.6) is 0 Å². The van der Waals surface area contributed by atoms with Crippen LogP contribution in [0, 0.1) is 13.0 Å². The van der Waals surface area contributed by atoms with Gasteiger partial charge in [-0.15, -0.1) is 0 Å². The van der Waals surface area contributed by atoms with Crippen LogP contribution < -0.4 is 0 Å². The third kappa shape index (κ3) is 3.81. The Hall–Kier alpha value is -1.96. The summed E-state index contributed by atoms with van der Waals surface area (Å²) >= 11 is 0. The van der Waals surface area contributed by atoms with Crippen molar-refractivity contribution in [2.24, 2.45) is 0 Å². The lowest BCUT2D eigenvalue weighted by atomic mass is 10.1. The van der Waals surface area contributed by atoms with Crippen molar-refractivity contribution in [1.29, 1.82) is 0 Å². The van der Waals surface area contributed by atoms with Crippen molar-refractivity contribution in [1.82, 2.24) is 0 Å². The smallest absolute Gasteiger partial charge is 0.127 e. The average Bonchev–Trinajstić information content (AvgIpc) is 3.05. The van der Waals surface area contributed by atoms with E-state index in [1.54, 1.807) is 12.5 Å². The highest BCUT2D eigenvalue weighted by Gasteiger charge is 1.97. The SMILES string of the molecule is [CH2]CCCC(/[C]=C/c1ccco1)=Cc1ccco1. The molecule has 2 radical (unpaired) electrons. The molecule has 0 spiro atoms. The highest BCUT2D eigenvalue weighted by molar-refractivity contribution is 5.54. The molecule has 0 aliphatic heterocycles. The molecular weight excluding hydrogens is 224 g/mol. The summed E-state index contributed by atoms with van der Waals surface area (Å²) in [6.45, 7) is 3.86. The Morgan fingerprint density at radius 3 is 2.50 bits per heavy atom. The topological polar surface area (TPSA) is 26.3 Å². The van der Waals surface area contributed by atoms with Crippen LogP contribution in [-0.4, -0.2) is 0 Å². The second-order valence-electron chi connectivity index (χ2n) is 3.95. The molecule has 2 nitrogen and oxygen atoms in total. The standard InChI is InChI=1S/C16H16O2/c1-2-3-6-14(13-16-8-5-12-18-16)9-10-15-7-4-11-17-15/h4-5,7-8,10-13H,1-3,6H2. The van der Waals surface area contributed by atoms with Crippen molar-refractivity contribution < 1.29 is 8.83 Å². The van der Waals surface area contributed by atoms with E-state index in [1.165, 1.54) is 0 Å². The predicted octanol–water partition coefficient (Wildman–Crippen LogP) is 4.78. The zero-order valence-corrected chi connectivity index (χ0v) is 10.3. The van der Waals surface area contributed by atoms with Gasteiger partial charge in [-0.3, -0.25) is 0 Å².